The van der Waals surface area contributed by atoms with Crippen LogP contribution < -0.4 is 0 Å². The highest BCUT2D eigenvalue weighted by atomic mass is 35.5. The minimum absolute atomic E-state index is 0.111. The second-order valence-corrected chi connectivity index (χ2v) is 2.23. The summed E-state index contributed by atoms with van der Waals surface area (Å²) >= 11 is 5.45. The largest absolute Gasteiger partial charge is 0.465 e. The number of hydrogen-bond donors (Lipinski definition) is 1. The summed E-state index contributed by atoms with van der Waals surface area (Å²) in [6.45, 7) is 3.46. The zero-order chi connectivity index (χ0) is 8.15. The molecule has 0 fully saturated rings. The number of ether oxygens (including phenoxy) is 1. The van der Waals surface area contributed by atoms with Crippen molar-refractivity contribution in [3.05, 3.63) is 0 Å². The molecule has 0 amide bonds. The molecule has 10 heavy (non-hydrogen) atoms. The standard InChI is InChI=1S/C6H10ClNO2/c1-3-10-6(9)5(7)4(2)8/h5,8H,3H2,1-2H3. The van der Waals surface area contributed by atoms with E-state index in [0.717, 1.165) is 0 Å². The highest BCUT2D eigenvalue weighted by molar-refractivity contribution is 6.41. The van der Waals surface area contributed by atoms with Crippen LogP contribution in [0, 0.1) is 5.41 Å². The van der Waals surface area contributed by atoms with Crippen molar-refractivity contribution in [1.82, 2.24) is 0 Å². The fourth-order valence-electron chi connectivity index (χ4n) is 0.392. The average molecular weight is 164 g/mol. The molecule has 0 aliphatic rings. The van der Waals surface area contributed by atoms with Gasteiger partial charge in [-0.05, 0) is 13.8 Å². The van der Waals surface area contributed by atoms with Crippen molar-refractivity contribution >= 4 is 23.3 Å². The first-order valence-corrected chi connectivity index (χ1v) is 3.39. The first kappa shape index (κ1) is 9.43. The van der Waals surface area contributed by atoms with Crippen LogP contribution in [0.2, 0.25) is 0 Å². The number of carbonyl (C=O) groups is 1. The Morgan fingerprint density at radius 3 is 2.60 bits per heavy atom. The van der Waals surface area contributed by atoms with E-state index in [-0.39, 0.29) is 5.71 Å². The summed E-state index contributed by atoms with van der Waals surface area (Å²) in [7, 11) is 0. The van der Waals surface area contributed by atoms with Gasteiger partial charge in [-0.25, -0.2) is 0 Å². The van der Waals surface area contributed by atoms with E-state index in [9.17, 15) is 4.79 Å². The van der Waals surface area contributed by atoms with Crippen molar-refractivity contribution in [1.29, 1.82) is 5.41 Å². The number of carbonyl (C=O) groups excluding carboxylic acids is 1. The summed E-state index contributed by atoms with van der Waals surface area (Å²) in [6, 6.07) is 0. The maximum Gasteiger partial charge on any atom is 0.329 e. The molecule has 0 heterocycles. The van der Waals surface area contributed by atoms with Crippen molar-refractivity contribution in [3.63, 3.8) is 0 Å². The summed E-state index contributed by atoms with van der Waals surface area (Å²) in [5.74, 6) is -0.545. The minimum atomic E-state index is -0.917. The zero-order valence-electron chi connectivity index (χ0n) is 5.98. The molecule has 0 radical (unpaired) electrons. The van der Waals surface area contributed by atoms with Gasteiger partial charge < -0.3 is 10.1 Å². The first-order chi connectivity index (χ1) is 4.59. The smallest absolute Gasteiger partial charge is 0.329 e. The van der Waals surface area contributed by atoms with Crippen LogP contribution >= 0.6 is 11.6 Å². The van der Waals surface area contributed by atoms with E-state index >= 15 is 0 Å². The Morgan fingerprint density at radius 2 is 2.30 bits per heavy atom. The number of alkyl halides is 1. The predicted octanol–water partition coefficient (Wildman–Crippen LogP) is 1.20. The lowest BCUT2D eigenvalue weighted by atomic mass is 10.3. The molecule has 0 saturated heterocycles. The van der Waals surface area contributed by atoms with E-state index in [4.69, 9.17) is 17.0 Å². The summed E-state index contributed by atoms with van der Waals surface area (Å²) in [5.41, 5.74) is 0.111. The van der Waals surface area contributed by atoms with Crippen LogP contribution in [0.3, 0.4) is 0 Å². The monoisotopic (exact) mass is 163 g/mol. The molecule has 0 aromatic rings. The number of halogens is 1. The number of nitrogens with one attached hydrogen (secondary N) is 1. The van der Waals surface area contributed by atoms with Crippen molar-refractivity contribution in [2.75, 3.05) is 6.61 Å². The van der Waals surface area contributed by atoms with Gasteiger partial charge in [0.2, 0.25) is 0 Å². The Labute approximate surface area is 64.8 Å². The van der Waals surface area contributed by atoms with Crippen molar-refractivity contribution in [2.45, 2.75) is 19.2 Å². The van der Waals surface area contributed by atoms with Gasteiger partial charge in [-0.3, -0.25) is 4.79 Å². The van der Waals surface area contributed by atoms with Gasteiger partial charge in [0, 0.05) is 5.71 Å². The molecule has 4 heteroatoms. The van der Waals surface area contributed by atoms with E-state index in [1.807, 2.05) is 0 Å². The Hall–Kier alpha value is -0.570. The topological polar surface area (TPSA) is 50.2 Å². The molecule has 58 valence electrons. The number of esters is 1. The van der Waals surface area contributed by atoms with Crippen LogP contribution in [0.4, 0.5) is 0 Å². The van der Waals surface area contributed by atoms with Gasteiger partial charge in [0.1, 0.15) is 0 Å². The maximum absolute atomic E-state index is 10.7. The fourth-order valence-corrected chi connectivity index (χ4v) is 0.455. The molecular weight excluding hydrogens is 154 g/mol. The van der Waals surface area contributed by atoms with Gasteiger partial charge in [-0.2, -0.15) is 0 Å². The van der Waals surface area contributed by atoms with Crippen LogP contribution in [-0.4, -0.2) is 23.7 Å². The van der Waals surface area contributed by atoms with Gasteiger partial charge in [-0.15, -0.1) is 11.6 Å². The summed E-state index contributed by atoms with van der Waals surface area (Å²) < 4.78 is 4.55. The van der Waals surface area contributed by atoms with Gasteiger partial charge in [0.25, 0.3) is 0 Å². The third-order valence-corrected chi connectivity index (χ3v) is 1.38. The van der Waals surface area contributed by atoms with E-state index in [0.29, 0.717) is 6.61 Å². The van der Waals surface area contributed by atoms with E-state index < -0.39 is 11.3 Å². The minimum Gasteiger partial charge on any atom is -0.465 e. The summed E-state index contributed by atoms with van der Waals surface area (Å²) in [4.78, 5) is 10.7. The Morgan fingerprint density at radius 1 is 1.80 bits per heavy atom. The summed E-state index contributed by atoms with van der Waals surface area (Å²) in [6.07, 6.45) is 0. The fraction of sp³-hybridized carbons (Fsp3) is 0.667. The van der Waals surface area contributed by atoms with E-state index in [1.165, 1.54) is 6.92 Å². The molecule has 0 aliphatic carbocycles. The van der Waals surface area contributed by atoms with Crippen molar-refractivity contribution < 1.29 is 9.53 Å². The summed E-state index contributed by atoms with van der Waals surface area (Å²) in [5, 5.41) is 6.06. The molecule has 0 aromatic heterocycles. The molecule has 1 N–H and O–H groups in total. The van der Waals surface area contributed by atoms with Crippen LogP contribution in [0.25, 0.3) is 0 Å². The molecular formula is C6H10ClNO2. The molecule has 0 rings (SSSR count). The van der Waals surface area contributed by atoms with Crippen LogP contribution in [0.15, 0.2) is 0 Å². The van der Waals surface area contributed by atoms with E-state index in [1.54, 1.807) is 6.92 Å². The number of hydrogen-bond acceptors (Lipinski definition) is 3. The lowest BCUT2D eigenvalue weighted by Gasteiger charge is -2.05. The Balaban J connectivity index is 3.82. The first-order valence-electron chi connectivity index (χ1n) is 2.95. The van der Waals surface area contributed by atoms with Crippen LogP contribution in [0.1, 0.15) is 13.8 Å². The third kappa shape index (κ3) is 2.82. The lowest BCUT2D eigenvalue weighted by Crippen LogP contribution is -2.24. The normalized spacial score (nSPS) is 12.3. The van der Waals surface area contributed by atoms with Gasteiger partial charge in [0.15, 0.2) is 5.38 Å². The highest BCUT2D eigenvalue weighted by Crippen LogP contribution is 1.99. The van der Waals surface area contributed by atoms with Crippen LogP contribution in [-0.2, 0) is 9.53 Å². The molecule has 0 spiro atoms. The van der Waals surface area contributed by atoms with E-state index in [2.05, 4.69) is 4.74 Å². The third-order valence-electron chi connectivity index (χ3n) is 0.874. The average Bonchev–Trinajstić information content (AvgIpc) is 1.87. The Bertz CT molecular complexity index is 147. The molecule has 0 saturated carbocycles. The molecule has 3 nitrogen and oxygen atoms in total. The molecule has 0 aliphatic heterocycles. The second-order valence-electron chi connectivity index (χ2n) is 1.80. The predicted molar refractivity (Wildman–Crippen MR) is 39.7 cm³/mol. The Kier molecular flexibility index (Phi) is 4.03. The molecule has 0 aromatic carbocycles. The van der Waals surface area contributed by atoms with Crippen LogP contribution in [0.5, 0.6) is 0 Å². The maximum atomic E-state index is 10.7. The highest BCUT2D eigenvalue weighted by Gasteiger charge is 2.17. The van der Waals surface area contributed by atoms with Crippen molar-refractivity contribution in [2.24, 2.45) is 0 Å². The molecule has 0 bridgehead atoms. The quantitative estimate of drug-likeness (QED) is 0.386. The van der Waals surface area contributed by atoms with Gasteiger partial charge in [-0.1, -0.05) is 0 Å². The number of rotatable bonds is 3. The van der Waals surface area contributed by atoms with Gasteiger partial charge in [0.05, 0.1) is 6.61 Å². The second kappa shape index (κ2) is 4.28. The zero-order valence-corrected chi connectivity index (χ0v) is 6.73. The van der Waals surface area contributed by atoms with Gasteiger partial charge >= 0.3 is 5.97 Å². The molecule has 1 atom stereocenters. The molecule has 1 unspecified atom stereocenters. The van der Waals surface area contributed by atoms with Crippen molar-refractivity contribution in [3.8, 4) is 0 Å². The SMILES string of the molecule is CCOC(=O)C(Cl)C(C)=N. The lowest BCUT2D eigenvalue weighted by molar-refractivity contribution is -0.141.